The van der Waals surface area contributed by atoms with E-state index >= 15 is 0 Å². The average Bonchev–Trinajstić information content (AvgIpc) is 2.81. The van der Waals surface area contributed by atoms with Gasteiger partial charge in [0.25, 0.3) is 0 Å². The first-order valence-corrected chi connectivity index (χ1v) is 5.92. The van der Waals surface area contributed by atoms with Crippen molar-refractivity contribution >= 4 is 0 Å². The molecule has 0 amide bonds. The molecule has 1 rings (SSSR count). The normalized spacial score (nSPS) is 12.9. The third-order valence-corrected chi connectivity index (χ3v) is 2.39. The molecule has 0 aliphatic rings. The average molecular weight is 243 g/mol. The molecule has 0 saturated carbocycles. The van der Waals surface area contributed by atoms with E-state index in [-0.39, 0.29) is 0 Å². The number of aromatic nitrogens is 3. The Hall–Kier alpha value is -0.980. The van der Waals surface area contributed by atoms with Crippen LogP contribution in [0.4, 0.5) is 0 Å². The van der Waals surface area contributed by atoms with Crippen LogP contribution in [-0.2, 0) is 16.0 Å². The van der Waals surface area contributed by atoms with Crippen molar-refractivity contribution in [3.8, 4) is 0 Å². The van der Waals surface area contributed by atoms with Gasteiger partial charge in [-0.15, -0.1) is 5.10 Å². The molecular weight excluding hydrogens is 222 g/mol. The van der Waals surface area contributed by atoms with E-state index in [1.54, 1.807) is 18.0 Å². The molecule has 0 bridgehead atoms. The van der Waals surface area contributed by atoms with Crippen molar-refractivity contribution in [3.05, 3.63) is 11.9 Å². The van der Waals surface area contributed by atoms with Gasteiger partial charge in [-0.25, -0.2) is 0 Å². The second-order valence-corrected chi connectivity index (χ2v) is 3.79. The summed E-state index contributed by atoms with van der Waals surface area (Å²) >= 11 is 0. The van der Waals surface area contributed by atoms with Crippen molar-refractivity contribution in [1.82, 2.24) is 15.0 Å². The van der Waals surface area contributed by atoms with Gasteiger partial charge in [0.05, 0.1) is 25.5 Å². The SMILES string of the molecule is CCC(O)c1cn(CCCOCCOC)nn1. The first-order chi connectivity index (χ1) is 8.27. The topological polar surface area (TPSA) is 69.4 Å². The summed E-state index contributed by atoms with van der Waals surface area (Å²) < 4.78 is 11.9. The van der Waals surface area contributed by atoms with Gasteiger partial charge in [-0.1, -0.05) is 12.1 Å². The summed E-state index contributed by atoms with van der Waals surface area (Å²) in [7, 11) is 1.65. The summed E-state index contributed by atoms with van der Waals surface area (Å²) in [6.07, 6.45) is 2.79. The van der Waals surface area contributed by atoms with E-state index < -0.39 is 6.10 Å². The zero-order valence-electron chi connectivity index (χ0n) is 10.5. The number of hydrogen-bond acceptors (Lipinski definition) is 5. The summed E-state index contributed by atoms with van der Waals surface area (Å²) in [6.45, 7) is 4.57. The molecule has 1 atom stereocenters. The highest BCUT2D eigenvalue weighted by molar-refractivity contribution is 4.96. The number of hydrogen-bond donors (Lipinski definition) is 1. The second-order valence-electron chi connectivity index (χ2n) is 3.79. The predicted octanol–water partition coefficient (Wildman–Crippen LogP) is 0.775. The van der Waals surface area contributed by atoms with Crippen LogP contribution in [0.15, 0.2) is 6.20 Å². The molecule has 0 spiro atoms. The summed E-state index contributed by atoms with van der Waals surface area (Å²) in [5, 5.41) is 17.4. The van der Waals surface area contributed by atoms with Gasteiger partial charge >= 0.3 is 0 Å². The number of nitrogens with zero attached hydrogens (tertiary/aromatic N) is 3. The summed E-state index contributed by atoms with van der Waals surface area (Å²) in [5.74, 6) is 0. The van der Waals surface area contributed by atoms with Crippen LogP contribution >= 0.6 is 0 Å². The molecule has 0 aromatic carbocycles. The van der Waals surface area contributed by atoms with E-state index in [1.807, 2.05) is 6.92 Å². The van der Waals surface area contributed by atoms with Gasteiger partial charge in [-0.05, 0) is 12.8 Å². The lowest BCUT2D eigenvalue weighted by molar-refractivity contribution is 0.0676. The molecule has 1 N–H and O–H groups in total. The Morgan fingerprint density at radius 2 is 2.24 bits per heavy atom. The van der Waals surface area contributed by atoms with Gasteiger partial charge in [-0.3, -0.25) is 4.68 Å². The molecule has 1 unspecified atom stereocenters. The first-order valence-electron chi connectivity index (χ1n) is 5.92. The molecule has 0 fully saturated rings. The summed E-state index contributed by atoms with van der Waals surface area (Å²) in [5.41, 5.74) is 0.632. The highest BCUT2D eigenvalue weighted by Gasteiger charge is 2.08. The number of aryl methyl sites for hydroxylation is 1. The maximum atomic E-state index is 9.56. The third-order valence-electron chi connectivity index (χ3n) is 2.39. The van der Waals surface area contributed by atoms with Crippen molar-refractivity contribution < 1.29 is 14.6 Å². The van der Waals surface area contributed by atoms with Crippen molar-refractivity contribution in [2.75, 3.05) is 26.9 Å². The molecule has 0 radical (unpaired) electrons. The number of rotatable bonds is 9. The molecular formula is C11H21N3O3. The fourth-order valence-corrected chi connectivity index (χ4v) is 1.36. The van der Waals surface area contributed by atoms with E-state index in [9.17, 15) is 5.11 Å². The highest BCUT2D eigenvalue weighted by Crippen LogP contribution is 2.11. The van der Waals surface area contributed by atoms with E-state index in [0.717, 1.165) is 13.0 Å². The molecule has 17 heavy (non-hydrogen) atoms. The molecule has 98 valence electrons. The predicted molar refractivity (Wildman–Crippen MR) is 62.6 cm³/mol. The summed E-state index contributed by atoms with van der Waals surface area (Å²) in [6, 6.07) is 0. The Bertz CT molecular complexity index is 304. The van der Waals surface area contributed by atoms with Crippen LogP contribution in [0.1, 0.15) is 31.6 Å². The van der Waals surface area contributed by atoms with Gasteiger partial charge in [-0.2, -0.15) is 0 Å². The van der Waals surface area contributed by atoms with Gasteiger partial charge in [0.2, 0.25) is 0 Å². The van der Waals surface area contributed by atoms with Crippen LogP contribution < -0.4 is 0 Å². The minimum atomic E-state index is -0.512. The maximum Gasteiger partial charge on any atom is 0.111 e. The van der Waals surface area contributed by atoms with Crippen molar-refractivity contribution in [1.29, 1.82) is 0 Å². The fraction of sp³-hybridized carbons (Fsp3) is 0.818. The Morgan fingerprint density at radius 3 is 2.94 bits per heavy atom. The van der Waals surface area contributed by atoms with Crippen LogP contribution in [-0.4, -0.2) is 47.0 Å². The minimum Gasteiger partial charge on any atom is -0.387 e. The molecule has 6 heteroatoms. The number of aliphatic hydroxyl groups is 1. The lowest BCUT2D eigenvalue weighted by Crippen LogP contribution is -2.06. The first kappa shape index (κ1) is 14.1. The van der Waals surface area contributed by atoms with Crippen LogP contribution in [0.25, 0.3) is 0 Å². The van der Waals surface area contributed by atoms with Gasteiger partial charge in [0.15, 0.2) is 0 Å². The zero-order valence-corrected chi connectivity index (χ0v) is 10.5. The van der Waals surface area contributed by atoms with Gasteiger partial charge in [0.1, 0.15) is 5.69 Å². The molecule has 0 aliphatic carbocycles. The lowest BCUT2D eigenvalue weighted by Gasteiger charge is -2.03. The van der Waals surface area contributed by atoms with Crippen LogP contribution in [0, 0.1) is 0 Å². The quantitative estimate of drug-likeness (QED) is 0.649. The number of aliphatic hydroxyl groups excluding tert-OH is 1. The fourth-order valence-electron chi connectivity index (χ4n) is 1.36. The zero-order chi connectivity index (χ0) is 12.5. The Balaban J connectivity index is 2.16. The van der Waals surface area contributed by atoms with Crippen LogP contribution in [0.3, 0.4) is 0 Å². The maximum absolute atomic E-state index is 9.56. The largest absolute Gasteiger partial charge is 0.387 e. The van der Waals surface area contributed by atoms with Gasteiger partial charge < -0.3 is 14.6 Å². The molecule has 1 aromatic rings. The Labute approximate surface area is 102 Å². The minimum absolute atomic E-state index is 0.512. The van der Waals surface area contributed by atoms with E-state index in [2.05, 4.69) is 10.3 Å². The third kappa shape index (κ3) is 5.25. The second kappa shape index (κ2) is 8.16. The van der Waals surface area contributed by atoms with Crippen LogP contribution in [0.5, 0.6) is 0 Å². The van der Waals surface area contributed by atoms with E-state index in [4.69, 9.17) is 9.47 Å². The molecule has 1 aromatic heterocycles. The lowest BCUT2D eigenvalue weighted by atomic mass is 10.2. The Kier molecular flexibility index (Phi) is 6.76. The number of methoxy groups -OCH3 is 1. The molecule has 6 nitrogen and oxygen atoms in total. The monoisotopic (exact) mass is 243 g/mol. The van der Waals surface area contributed by atoms with Crippen LogP contribution in [0.2, 0.25) is 0 Å². The summed E-state index contributed by atoms with van der Waals surface area (Å²) in [4.78, 5) is 0. The van der Waals surface area contributed by atoms with Crippen molar-refractivity contribution in [2.24, 2.45) is 0 Å². The van der Waals surface area contributed by atoms with Crippen molar-refractivity contribution in [2.45, 2.75) is 32.4 Å². The number of ether oxygens (including phenoxy) is 2. The van der Waals surface area contributed by atoms with E-state index in [0.29, 0.717) is 31.9 Å². The highest BCUT2D eigenvalue weighted by atomic mass is 16.5. The smallest absolute Gasteiger partial charge is 0.111 e. The molecule has 0 aliphatic heterocycles. The Morgan fingerprint density at radius 1 is 1.41 bits per heavy atom. The van der Waals surface area contributed by atoms with E-state index in [1.165, 1.54) is 0 Å². The standard InChI is InChI=1S/C11H21N3O3/c1-3-11(15)10-9-14(13-12-10)5-4-6-17-8-7-16-2/h9,11,15H,3-8H2,1-2H3. The van der Waals surface area contributed by atoms with Gasteiger partial charge in [0, 0.05) is 20.3 Å². The van der Waals surface area contributed by atoms with Crippen molar-refractivity contribution in [3.63, 3.8) is 0 Å². The molecule has 0 saturated heterocycles. The molecule has 1 heterocycles.